The third kappa shape index (κ3) is 4.09. The highest BCUT2D eigenvalue weighted by atomic mass is 19.4. The molecule has 6 nitrogen and oxygen atoms in total. The van der Waals surface area contributed by atoms with Crippen LogP contribution >= 0.6 is 0 Å². The Morgan fingerprint density at radius 3 is 2.76 bits per heavy atom. The molecule has 0 aromatic carbocycles. The molecule has 9 heteroatoms. The summed E-state index contributed by atoms with van der Waals surface area (Å²) in [5.41, 5.74) is 0.416. The topological polar surface area (TPSA) is 64.9 Å². The fraction of sp³-hybridized carbons (Fsp3) is 0.562. The van der Waals surface area contributed by atoms with E-state index < -0.39 is 11.9 Å². The molecule has 2 aromatic rings. The molecule has 25 heavy (non-hydrogen) atoms. The van der Waals surface area contributed by atoms with Gasteiger partial charge in [-0.1, -0.05) is 0 Å². The lowest BCUT2D eigenvalue weighted by Crippen LogP contribution is -2.21. The molecule has 1 fully saturated rings. The Bertz CT molecular complexity index is 738. The van der Waals surface area contributed by atoms with Crippen LogP contribution in [-0.2, 0) is 17.5 Å². The summed E-state index contributed by atoms with van der Waals surface area (Å²) in [6, 6.07) is 0.960. The molecule has 2 aromatic heterocycles. The number of halogens is 3. The van der Waals surface area contributed by atoms with Gasteiger partial charge in [0.05, 0.1) is 17.5 Å². The maximum absolute atomic E-state index is 13.2. The largest absolute Gasteiger partial charge is 0.433 e. The standard InChI is InChI=1S/C16H20F3N5O/c1-3-24-9-12(10(2)23-24)13-7-14(16(17,18)19)22-15(21-13)20-8-11-5-4-6-25-11/h7,9,11H,3-6,8H2,1-2H3,(H,20,21,22)/t11-/m1/s1. The fourth-order valence-corrected chi connectivity index (χ4v) is 2.75. The Kier molecular flexibility index (Phi) is 4.94. The van der Waals surface area contributed by atoms with Gasteiger partial charge in [-0.25, -0.2) is 9.97 Å². The minimum atomic E-state index is -4.55. The minimum Gasteiger partial charge on any atom is -0.376 e. The zero-order valence-corrected chi connectivity index (χ0v) is 14.1. The molecule has 136 valence electrons. The lowest BCUT2D eigenvalue weighted by atomic mass is 10.1. The predicted molar refractivity (Wildman–Crippen MR) is 86.1 cm³/mol. The monoisotopic (exact) mass is 355 g/mol. The zero-order valence-electron chi connectivity index (χ0n) is 14.1. The lowest BCUT2D eigenvalue weighted by Gasteiger charge is -2.13. The molecule has 1 saturated heterocycles. The summed E-state index contributed by atoms with van der Waals surface area (Å²) in [5.74, 6) is -0.0519. The van der Waals surface area contributed by atoms with Crippen molar-refractivity contribution in [1.82, 2.24) is 19.7 Å². The smallest absolute Gasteiger partial charge is 0.376 e. The van der Waals surface area contributed by atoms with Crippen LogP contribution in [0.2, 0.25) is 0 Å². The van der Waals surface area contributed by atoms with Gasteiger partial charge in [0.15, 0.2) is 5.69 Å². The summed E-state index contributed by atoms with van der Waals surface area (Å²) in [7, 11) is 0. The van der Waals surface area contributed by atoms with Gasteiger partial charge in [-0.2, -0.15) is 18.3 Å². The molecule has 0 amide bonds. The first-order valence-electron chi connectivity index (χ1n) is 8.23. The SMILES string of the molecule is CCn1cc(-c2cc(C(F)(F)F)nc(NC[C@H]3CCCO3)n2)c(C)n1. The molecule has 0 radical (unpaired) electrons. The van der Waals surface area contributed by atoms with Crippen molar-refractivity contribution in [3.63, 3.8) is 0 Å². The number of alkyl halides is 3. The number of rotatable bonds is 5. The highest BCUT2D eigenvalue weighted by molar-refractivity contribution is 5.62. The molecule has 0 saturated carbocycles. The van der Waals surface area contributed by atoms with E-state index in [0.29, 0.717) is 31.0 Å². The molecular weight excluding hydrogens is 335 g/mol. The van der Waals surface area contributed by atoms with Crippen molar-refractivity contribution in [2.24, 2.45) is 0 Å². The molecule has 0 bridgehead atoms. The summed E-state index contributed by atoms with van der Waals surface area (Å²) < 4.78 is 46.8. The maximum atomic E-state index is 13.2. The zero-order chi connectivity index (χ0) is 18.0. The van der Waals surface area contributed by atoms with Crippen molar-refractivity contribution in [3.05, 3.63) is 23.7 Å². The normalized spacial score (nSPS) is 17.9. The molecule has 3 rings (SSSR count). The van der Waals surface area contributed by atoms with Crippen LogP contribution < -0.4 is 5.32 Å². The maximum Gasteiger partial charge on any atom is 0.433 e. The number of nitrogens with zero attached hydrogens (tertiary/aromatic N) is 4. The average molecular weight is 355 g/mol. The van der Waals surface area contributed by atoms with E-state index in [-0.39, 0.29) is 17.7 Å². The summed E-state index contributed by atoms with van der Waals surface area (Å²) in [4.78, 5) is 7.87. The Balaban J connectivity index is 1.93. The lowest BCUT2D eigenvalue weighted by molar-refractivity contribution is -0.141. The Labute approximate surface area is 143 Å². The van der Waals surface area contributed by atoms with Crippen LogP contribution in [0.5, 0.6) is 0 Å². The number of aryl methyl sites for hydroxylation is 2. The van der Waals surface area contributed by atoms with E-state index in [9.17, 15) is 13.2 Å². The second-order valence-electron chi connectivity index (χ2n) is 5.96. The molecule has 1 aliphatic heterocycles. The van der Waals surface area contributed by atoms with Gasteiger partial charge < -0.3 is 10.1 Å². The van der Waals surface area contributed by atoms with Crippen LogP contribution in [0, 0.1) is 6.92 Å². The van der Waals surface area contributed by atoms with Crippen LogP contribution in [0.4, 0.5) is 19.1 Å². The average Bonchev–Trinajstić information content (AvgIpc) is 3.21. The second kappa shape index (κ2) is 6.99. The Morgan fingerprint density at radius 2 is 2.16 bits per heavy atom. The van der Waals surface area contributed by atoms with Gasteiger partial charge in [-0.05, 0) is 32.8 Å². The third-order valence-corrected chi connectivity index (χ3v) is 4.07. The van der Waals surface area contributed by atoms with E-state index in [1.807, 2.05) is 6.92 Å². The van der Waals surface area contributed by atoms with E-state index in [1.54, 1.807) is 17.8 Å². The third-order valence-electron chi connectivity index (χ3n) is 4.07. The first-order valence-corrected chi connectivity index (χ1v) is 8.23. The van der Waals surface area contributed by atoms with Crippen molar-refractivity contribution in [1.29, 1.82) is 0 Å². The summed E-state index contributed by atoms with van der Waals surface area (Å²) in [5, 5.41) is 7.15. The van der Waals surface area contributed by atoms with Gasteiger partial charge in [0.25, 0.3) is 0 Å². The van der Waals surface area contributed by atoms with Gasteiger partial charge in [0.1, 0.15) is 0 Å². The van der Waals surface area contributed by atoms with Crippen molar-refractivity contribution in [3.8, 4) is 11.3 Å². The van der Waals surface area contributed by atoms with Crippen molar-refractivity contribution >= 4 is 5.95 Å². The molecule has 1 aliphatic rings. The number of hydrogen-bond donors (Lipinski definition) is 1. The van der Waals surface area contributed by atoms with E-state index in [2.05, 4.69) is 20.4 Å². The Hall–Kier alpha value is -2.16. The minimum absolute atomic E-state index is 0.0221. The van der Waals surface area contributed by atoms with Crippen molar-refractivity contribution < 1.29 is 17.9 Å². The summed E-state index contributed by atoms with van der Waals surface area (Å²) >= 11 is 0. The number of hydrogen-bond acceptors (Lipinski definition) is 5. The first-order chi connectivity index (χ1) is 11.9. The number of ether oxygens (including phenoxy) is 1. The van der Waals surface area contributed by atoms with Gasteiger partial charge in [0.2, 0.25) is 5.95 Å². The predicted octanol–water partition coefficient (Wildman–Crippen LogP) is 3.28. The summed E-state index contributed by atoms with van der Waals surface area (Å²) in [6.45, 7) is 5.34. The van der Waals surface area contributed by atoms with Crippen LogP contribution in [0.3, 0.4) is 0 Å². The van der Waals surface area contributed by atoms with Crippen LogP contribution in [0.1, 0.15) is 31.2 Å². The molecule has 1 atom stereocenters. The molecule has 0 unspecified atom stereocenters. The highest BCUT2D eigenvalue weighted by Crippen LogP contribution is 2.32. The van der Waals surface area contributed by atoms with E-state index in [1.165, 1.54) is 0 Å². The number of aromatic nitrogens is 4. The van der Waals surface area contributed by atoms with Crippen molar-refractivity contribution in [2.45, 2.75) is 45.5 Å². The molecule has 0 aliphatic carbocycles. The first kappa shape index (κ1) is 17.7. The van der Waals surface area contributed by atoms with Gasteiger partial charge in [0, 0.05) is 31.5 Å². The van der Waals surface area contributed by atoms with Crippen LogP contribution in [-0.4, -0.2) is 39.0 Å². The van der Waals surface area contributed by atoms with Crippen LogP contribution in [0.25, 0.3) is 11.3 Å². The quantitative estimate of drug-likeness (QED) is 0.892. The molecule has 0 spiro atoms. The van der Waals surface area contributed by atoms with Gasteiger partial charge in [-0.15, -0.1) is 0 Å². The molecule has 3 heterocycles. The number of anilines is 1. The molecule has 1 N–H and O–H groups in total. The van der Waals surface area contributed by atoms with Gasteiger partial charge in [-0.3, -0.25) is 4.68 Å². The van der Waals surface area contributed by atoms with Crippen molar-refractivity contribution in [2.75, 3.05) is 18.5 Å². The fourth-order valence-electron chi connectivity index (χ4n) is 2.75. The number of nitrogens with one attached hydrogen (secondary N) is 1. The Morgan fingerprint density at radius 1 is 1.36 bits per heavy atom. The molecular formula is C16H20F3N5O. The van der Waals surface area contributed by atoms with E-state index >= 15 is 0 Å². The summed E-state index contributed by atoms with van der Waals surface area (Å²) in [6.07, 6.45) is -1.04. The highest BCUT2D eigenvalue weighted by Gasteiger charge is 2.34. The van der Waals surface area contributed by atoms with E-state index in [0.717, 1.165) is 18.9 Å². The van der Waals surface area contributed by atoms with E-state index in [4.69, 9.17) is 4.74 Å². The van der Waals surface area contributed by atoms with Crippen LogP contribution in [0.15, 0.2) is 12.3 Å². The van der Waals surface area contributed by atoms with Gasteiger partial charge >= 0.3 is 6.18 Å². The second-order valence-corrected chi connectivity index (χ2v) is 5.96.